The molecule has 0 radical (unpaired) electrons. The third kappa shape index (κ3) is 5.31. The fourth-order valence-corrected chi connectivity index (χ4v) is 1.22. The monoisotopic (exact) mass is 278 g/mol. The van der Waals surface area contributed by atoms with Crippen LogP contribution in [0.1, 0.15) is 40.5 Å². The van der Waals surface area contributed by atoms with Crippen LogP contribution in [0.15, 0.2) is 0 Å². The van der Waals surface area contributed by atoms with Crippen LogP contribution in [0.25, 0.3) is 0 Å². The van der Waals surface area contributed by atoms with Crippen LogP contribution in [0.2, 0.25) is 0 Å². The average molecular weight is 278 g/mol. The van der Waals surface area contributed by atoms with Crippen LogP contribution in [-0.2, 0) is 0 Å². The molecular formula is C14H22N4O2. The zero-order valence-electron chi connectivity index (χ0n) is 12.6. The minimum absolute atomic E-state index is 0.160. The highest BCUT2D eigenvalue weighted by Crippen LogP contribution is 2.17. The van der Waals surface area contributed by atoms with E-state index in [1.165, 1.54) is 0 Å². The minimum atomic E-state index is -0.786. The van der Waals surface area contributed by atoms with Crippen molar-refractivity contribution in [3.63, 3.8) is 0 Å². The molecule has 0 aliphatic rings. The standard InChI is InChI=1S/C14H22N4O2/c1-6-9-15-11-16-12(19-10-7-2)18-13(17-11)20-14(4,5)8-3/h3H,6-7,9-10H2,1-2,4-5H3,(H,15,16,17,18). The summed E-state index contributed by atoms with van der Waals surface area (Å²) in [4.78, 5) is 12.5. The first-order valence-electron chi connectivity index (χ1n) is 6.80. The number of anilines is 1. The lowest BCUT2D eigenvalue weighted by molar-refractivity contribution is 0.152. The molecule has 1 rings (SSSR count). The molecule has 0 atom stereocenters. The van der Waals surface area contributed by atoms with Gasteiger partial charge in [-0.15, -0.1) is 11.4 Å². The van der Waals surface area contributed by atoms with Gasteiger partial charge in [-0.2, -0.15) is 9.97 Å². The van der Waals surface area contributed by atoms with Crippen molar-refractivity contribution in [3.05, 3.63) is 0 Å². The molecule has 0 saturated carbocycles. The predicted octanol–water partition coefficient (Wildman–Crippen LogP) is 2.27. The lowest BCUT2D eigenvalue weighted by atomic mass is 10.2. The molecule has 1 aromatic heterocycles. The van der Waals surface area contributed by atoms with Gasteiger partial charge in [-0.05, 0) is 26.7 Å². The van der Waals surface area contributed by atoms with Crippen molar-refractivity contribution in [2.75, 3.05) is 18.5 Å². The summed E-state index contributed by atoms with van der Waals surface area (Å²) in [6.07, 6.45) is 7.23. The third-order valence-electron chi connectivity index (χ3n) is 2.26. The van der Waals surface area contributed by atoms with Crippen molar-refractivity contribution in [2.24, 2.45) is 0 Å². The molecule has 0 saturated heterocycles. The van der Waals surface area contributed by atoms with Gasteiger partial charge < -0.3 is 14.8 Å². The zero-order chi connectivity index (χ0) is 15.0. The molecule has 6 nitrogen and oxygen atoms in total. The number of hydrogen-bond donors (Lipinski definition) is 1. The Hall–Kier alpha value is -2.03. The second-order valence-electron chi connectivity index (χ2n) is 4.76. The van der Waals surface area contributed by atoms with E-state index in [0.717, 1.165) is 19.4 Å². The minimum Gasteiger partial charge on any atom is -0.463 e. The second kappa shape index (κ2) is 7.53. The Morgan fingerprint density at radius 3 is 2.45 bits per heavy atom. The predicted molar refractivity (Wildman–Crippen MR) is 77.9 cm³/mol. The summed E-state index contributed by atoms with van der Waals surface area (Å²) in [6, 6.07) is 0.399. The highest BCUT2D eigenvalue weighted by atomic mass is 16.5. The zero-order valence-corrected chi connectivity index (χ0v) is 12.6. The van der Waals surface area contributed by atoms with Gasteiger partial charge in [0.15, 0.2) is 5.60 Å². The topological polar surface area (TPSA) is 69.2 Å². The van der Waals surface area contributed by atoms with E-state index >= 15 is 0 Å². The second-order valence-corrected chi connectivity index (χ2v) is 4.76. The smallest absolute Gasteiger partial charge is 0.325 e. The summed E-state index contributed by atoms with van der Waals surface area (Å²) in [5.41, 5.74) is -0.786. The average Bonchev–Trinajstić information content (AvgIpc) is 2.42. The molecule has 0 aliphatic carbocycles. The van der Waals surface area contributed by atoms with Gasteiger partial charge in [0, 0.05) is 6.54 Å². The fourth-order valence-electron chi connectivity index (χ4n) is 1.22. The Labute approximate surface area is 120 Å². The number of terminal acetylenes is 1. The van der Waals surface area contributed by atoms with Gasteiger partial charge in [-0.3, -0.25) is 0 Å². The van der Waals surface area contributed by atoms with Crippen LogP contribution >= 0.6 is 0 Å². The van der Waals surface area contributed by atoms with E-state index in [1.54, 1.807) is 13.8 Å². The van der Waals surface area contributed by atoms with Gasteiger partial charge in [-0.1, -0.05) is 19.8 Å². The lowest BCUT2D eigenvalue weighted by Gasteiger charge is -2.18. The number of nitrogens with one attached hydrogen (secondary N) is 1. The summed E-state index contributed by atoms with van der Waals surface area (Å²) in [5, 5.41) is 3.08. The van der Waals surface area contributed by atoms with E-state index in [4.69, 9.17) is 15.9 Å². The molecule has 6 heteroatoms. The van der Waals surface area contributed by atoms with Gasteiger partial charge in [0.1, 0.15) is 0 Å². The lowest BCUT2D eigenvalue weighted by Crippen LogP contribution is -2.27. The van der Waals surface area contributed by atoms with Crippen molar-refractivity contribution in [3.8, 4) is 24.4 Å². The van der Waals surface area contributed by atoms with Crippen molar-refractivity contribution in [2.45, 2.75) is 46.1 Å². The Kier molecular flexibility index (Phi) is 6.04. The normalized spacial score (nSPS) is 10.8. The molecule has 0 fully saturated rings. The number of nitrogens with zero attached hydrogens (tertiary/aromatic N) is 3. The molecule has 1 N–H and O–H groups in total. The van der Waals surface area contributed by atoms with Gasteiger partial charge >= 0.3 is 12.0 Å². The number of ether oxygens (including phenoxy) is 2. The summed E-state index contributed by atoms with van der Waals surface area (Å²) in [6.45, 7) is 8.90. The summed E-state index contributed by atoms with van der Waals surface area (Å²) in [7, 11) is 0. The molecule has 1 heterocycles. The molecule has 0 spiro atoms. The van der Waals surface area contributed by atoms with Crippen LogP contribution in [-0.4, -0.2) is 33.7 Å². The Bertz CT molecular complexity index is 442. The molecule has 110 valence electrons. The Morgan fingerprint density at radius 1 is 1.15 bits per heavy atom. The molecule has 0 amide bonds. The van der Waals surface area contributed by atoms with Crippen molar-refractivity contribution >= 4 is 5.95 Å². The maximum atomic E-state index is 5.57. The van der Waals surface area contributed by atoms with E-state index in [2.05, 4.69) is 33.1 Å². The van der Waals surface area contributed by atoms with Crippen LogP contribution in [0.4, 0.5) is 5.95 Å². The van der Waals surface area contributed by atoms with E-state index in [1.807, 2.05) is 6.92 Å². The SMILES string of the molecule is C#CC(C)(C)Oc1nc(NCCC)nc(OCCC)n1. The van der Waals surface area contributed by atoms with Crippen molar-refractivity contribution in [1.82, 2.24) is 15.0 Å². The van der Waals surface area contributed by atoms with Crippen molar-refractivity contribution < 1.29 is 9.47 Å². The first kappa shape index (κ1) is 16.0. The molecular weight excluding hydrogens is 256 g/mol. The molecule has 0 aromatic carbocycles. The van der Waals surface area contributed by atoms with E-state index < -0.39 is 5.60 Å². The largest absolute Gasteiger partial charge is 0.463 e. The van der Waals surface area contributed by atoms with E-state index in [9.17, 15) is 0 Å². The van der Waals surface area contributed by atoms with Gasteiger partial charge in [-0.25, -0.2) is 0 Å². The van der Waals surface area contributed by atoms with Crippen LogP contribution in [0.5, 0.6) is 12.0 Å². The van der Waals surface area contributed by atoms with Gasteiger partial charge in [0.05, 0.1) is 6.61 Å². The van der Waals surface area contributed by atoms with Crippen LogP contribution in [0, 0.1) is 12.3 Å². The van der Waals surface area contributed by atoms with Gasteiger partial charge in [0.25, 0.3) is 0 Å². The maximum Gasteiger partial charge on any atom is 0.325 e. The maximum absolute atomic E-state index is 5.57. The molecule has 1 aromatic rings. The Morgan fingerprint density at radius 2 is 1.85 bits per heavy atom. The van der Waals surface area contributed by atoms with E-state index in [0.29, 0.717) is 12.6 Å². The van der Waals surface area contributed by atoms with E-state index in [-0.39, 0.29) is 12.0 Å². The highest BCUT2D eigenvalue weighted by Gasteiger charge is 2.19. The summed E-state index contributed by atoms with van der Waals surface area (Å²) in [5.74, 6) is 2.96. The van der Waals surface area contributed by atoms with Crippen molar-refractivity contribution in [1.29, 1.82) is 0 Å². The third-order valence-corrected chi connectivity index (χ3v) is 2.26. The number of hydrogen-bond acceptors (Lipinski definition) is 6. The first-order chi connectivity index (χ1) is 9.50. The quantitative estimate of drug-likeness (QED) is 0.736. The van der Waals surface area contributed by atoms with Crippen LogP contribution < -0.4 is 14.8 Å². The fraction of sp³-hybridized carbons (Fsp3) is 0.643. The Balaban J connectivity index is 2.94. The first-order valence-corrected chi connectivity index (χ1v) is 6.80. The highest BCUT2D eigenvalue weighted by molar-refractivity contribution is 5.27. The van der Waals surface area contributed by atoms with Gasteiger partial charge in [0.2, 0.25) is 5.95 Å². The molecule has 0 aliphatic heterocycles. The van der Waals surface area contributed by atoms with Crippen LogP contribution in [0.3, 0.4) is 0 Å². The number of rotatable bonds is 8. The molecule has 0 bridgehead atoms. The number of aromatic nitrogens is 3. The summed E-state index contributed by atoms with van der Waals surface area (Å²) < 4.78 is 11.0. The molecule has 0 unspecified atom stereocenters. The molecule has 20 heavy (non-hydrogen) atoms. The summed E-state index contributed by atoms with van der Waals surface area (Å²) >= 11 is 0.